The fourth-order valence-electron chi connectivity index (χ4n) is 2.01. The maximum absolute atomic E-state index is 12.1. The SMILES string of the molecule is Cc1cc(C(=O)NCC(C)c2ccccc2)cc(Cl)n1. The summed E-state index contributed by atoms with van der Waals surface area (Å²) >= 11 is 5.86. The van der Waals surface area contributed by atoms with E-state index >= 15 is 0 Å². The van der Waals surface area contributed by atoms with Gasteiger partial charge in [0.1, 0.15) is 5.15 Å². The third-order valence-electron chi connectivity index (χ3n) is 3.12. The third-order valence-corrected chi connectivity index (χ3v) is 3.32. The van der Waals surface area contributed by atoms with Gasteiger partial charge in [0, 0.05) is 17.8 Å². The maximum Gasteiger partial charge on any atom is 0.251 e. The van der Waals surface area contributed by atoms with Crippen LogP contribution in [0.25, 0.3) is 0 Å². The first kappa shape index (κ1) is 14.5. The highest BCUT2D eigenvalue weighted by atomic mass is 35.5. The van der Waals surface area contributed by atoms with E-state index in [4.69, 9.17) is 11.6 Å². The van der Waals surface area contributed by atoms with E-state index in [0.29, 0.717) is 17.3 Å². The number of aromatic nitrogens is 1. The van der Waals surface area contributed by atoms with Gasteiger partial charge in [-0.25, -0.2) is 4.98 Å². The topological polar surface area (TPSA) is 42.0 Å². The van der Waals surface area contributed by atoms with Crippen molar-refractivity contribution in [3.63, 3.8) is 0 Å². The summed E-state index contributed by atoms with van der Waals surface area (Å²) in [7, 11) is 0. The van der Waals surface area contributed by atoms with Gasteiger partial charge in [0.15, 0.2) is 0 Å². The minimum absolute atomic E-state index is 0.125. The highest BCUT2D eigenvalue weighted by molar-refractivity contribution is 6.29. The predicted octanol–water partition coefficient (Wildman–Crippen LogP) is 3.58. The molecule has 0 bridgehead atoms. The Bertz CT molecular complexity index is 578. The molecule has 1 unspecified atom stereocenters. The van der Waals surface area contributed by atoms with Gasteiger partial charge in [0.05, 0.1) is 0 Å². The lowest BCUT2D eigenvalue weighted by Crippen LogP contribution is -2.27. The Kier molecular flexibility index (Phi) is 4.74. The van der Waals surface area contributed by atoms with Crippen molar-refractivity contribution in [3.05, 3.63) is 64.4 Å². The van der Waals surface area contributed by atoms with E-state index in [9.17, 15) is 4.79 Å². The Morgan fingerprint density at radius 1 is 1.30 bits per heavy atom. The molecule has 104 valence electrons. The van der Waals surface area contributed by atoms with E-state index in [-0.39, 0.29) is 11.8 Å². The minimum Gasteiger partial charge on any atom is -0.351 e. The standard InChI is InChI=1S/C16H17ClN2O/c1-11(13-6-4-3-5-7-13)10-18-16(20)14-8-12(2)19-15(17)9-14/h3-9,11H,10H2,1-2H3,(H,18,20). The number of carbonyl (C=O) groups excluding carboxylic acids is 1. The molecule has 0 radical (unpaired) electrons. The summed E-state index contributed by atoms with van der Waals surface area (Å²) in [6.07, 6.45) is 0. The third kappa shape index (κ3) is 3.81. The summed E-state index contributed by atoms with van der Waals surface area (Å²) in [6.45, 7) is 4.48. The summed E-state index contributed by atoms with van der Waals surface area (Å²) < 4.78 is 0. The lowest BCUT2D eigenvalue weighted by atomic mass is 10.0. The Labute approximate surface area is 124 Å². The molecule has 1 aromatic carbocycles. The van der Waals surface area contributed by atoms with Gasteiger partial charge >= 0.3 is 0 Å². The molecule has 0 spiro atoms. The highest BCUT2D eigenvalue weighted by Gasteiger charge is 2.10. The van der Waals surface area contributed by atoms with Crippen molar-refractivity contribution in [3.8, 4) is 0 Å². The molecule has 4 heteroatoms. The number of aryl methyl sites for hydroxylation is 1. The van der Waals surface area contributed by atoms with Crippen molar-refractivity contribution in [1.82, 2.24) is 10.3 Å². The number of hydrogen-bond donors (Lipinski definition) is 1. The zero-order chi connectivity index (χ0) is 14.5. The molecule has 1 amide bonds. The van der Waals surface area contributed by atoms with Crippen LogP contribution in [-0.4, -0.2) is 17.4 Å². The van der Waals surface area contributed by atoms with Crippen molar-refractivity contribution in [1.29, 1.82) is 0 Å². The molecular weight excluding hydrogens is 272 g/mol. The average molecular weight is 289 g/mol. The Balaban J connectivity index is 1.98. The quantitative estimate of drug-likeness (QED) is 0.874. The molecule has 1 heterocycles. The van der Waals surface area contributed by atoms with Crippen molar-refractivity contribution >= 4 is 17.5 Å². The van der Waals surface area contributed by atoms with Crippen LogP contribution >= 0.6 is 11.6 Å². The monoisotopic (exact) mass is 288 g/mol. The zero-order valence-corrected chi connectivity index (χ0v) is 12.3. The first-order valence-corrected chi connectivity index (χ1v) is 6.91. The molecule has 0 saturated carbocycles. The number of pyridine rings is 1. The first-order chi connectivity index (χ1) is 9.56. The second kappa shape index (κ2) is 6.53. The van der Waals surface area contributed by atoms with E-state index in [1.807, 2.05) is 25.1 Å². The molecule has 0 aliphatic carbocycles. The molecule has 2 rings (SSSR count). The lowest BCUT2D eigenvalue weighted by Gasteiger charge is -2.13. The van der Waals surface area contributed by atoms with Crippen LogP contribution in [0.15, 0.2) is 42.5 Å². The molecule has 2 aromatic rings. The summed E-state index contributed by atoms with van der Waals surface area (Å²) in [5.41, 5.74) is 2.48. The number of rotatable bonds is 4. The number of hydrogen-bond acceptors (Lipinski definition) is 2. The van der Waals surface area contributed by atoms with Gasteiger partial charge in [-0.2, -0.15) is 0 Å². The van der Waals surface area contributed by atoms with Gasteiger partial charge in [-0.1, -0.05) is 48.9 Å². The molecule has 0 aliphatic rings. The fourth-order valence-corrected chi connectivity index (χ4v) is 2.26. The smallest absolute Gasteiger partial charge is 0.251 e. The summed E-state index contributed by atoms with van der Waals surface area (Å²) in [5.74, 6) is 0.138. The highest BCUT2D eigenvalue weighted by Crippen LogP contribution is 2.14. The zero-order valence-electron chi connectivity index (χ0n) is 11.6. The lowest BCUT2D eigenvalue weighted by molar-refractivity contribution is 0.0951. The van der Waals surface area contributed by atoms with Crippen LogP contribution in [0.1, 0.15) is 34.5 Å². The van der Waals surface area contributed by atoms with E-state index in [1.54, 1.807) is 12.1 Å². The second-order valence-electron chi connectivity index (χ2n) is 4.84. The molecule has 1 aromatic heterocycles. The van der Waals surface area contributed by atoms with Crippen LogP contribution in [0.2, 0.25) is 5.15 Å². The van der Waals surface area contributed by atoms with E-state index < -0.39 is 0 Å². The van der Waals surface area contributed by atoms with E-state index in [1.165, 1.54) is 5.56 Å². The molecule has 1 atom stereocenters. The molecule has 0 saturated heterocycles. The molecule has 0 aliphatic heterocycles. The van der Waals surface area contributed by atoms with Gasteiger partial charge in [-0.05, 0) is 30.5 Å². The van der Waals surface area contributed by atoms with Gasteiger partial charge in [0.25, 0.3) is 5.91 Å². The first-order valence-electron chi connectivity index (χ1n) is 6.53. The summed E-state index contributed by atoms with van der Waals surface area (Å²) in [4.78, 5) is 16.1. The fraction of sp³-hybridized carbons (Fsp3) is 0.250. The minimum atomic E-state index is -0.125. The number of benzene rings is 1. The number of halogens is 1. The summed E-state index contributed by atoms with van der Waals surface area (Å²) in [6, 6.07) is 13.4. The molecule has 0 fully saturated rings. The largest absolute Gasteiger partial charge is 0.351 e. The molecule has 3 nitrogen and oxygen atoms in total. The van der Waals surface area contributed by atoms with Crippen molar-refractivity contribution in [2.45, 2.75) is 19.8 Å². The van der Waals surface area contributed by atoms with E-state index in [2.05, 4.69) is 29.4 Å². The van der Waals surface area contributed by atoms with E-state index in [0.717, 1.165) is 5.69 Å². The van der Waals surface area contributed by atoms with Crippen LogP contribution in [0.3, 0.4) is 0 Å². The number of nitrogens with zero attached hydrogens (tertiary/aromatic N) is 1. The van der Waals surface area contributed by atoms with Gasteiger partial charge < -0.3 is 5.32 Å². The molecule has 20 heavy (non-hydrogen) atoms. The average Bonchev–Trinajstić information content (AvgIpc) is 2.44. The normalized spacial score (nSPS) is 11.9. The van der Waals surface area contributed by atoms with Crippen molar-refractivity contribution < 1.29 is 4.79 Å². The van der Waals surface area contributed by atoms with Crippen LogP contribution < -0.4 is 5.32 Å². The maximum atomic E-state index is 12.1. The number of amides is 1. The molecular formula is C16H17ClN2O. The van der Waals surface area contributed by atoms with Gasteiger partial charge in [0.2, 0.25) is 0 Å². The van der Waals surface area contributed by atoms with Gasteiger partial charge in [-0.3, -0.25) is 4.79 Å². The molecule has 1 N–H and O–H groups in total. The number of carbonyl (C=O) groups is 1. The van der Waals surface area contributed by atoms with Gasteiger partial charge in [-0.15, -0.1) is 0 Å². The predicted molar refractivity (Wildman–Crippen MR) is 81.2 cm³/mol. The van der Waals surface area contributed by atoms with Crippen LogP contribution in [-0.2, 0) is 0 Å². The van der Waals surface area contributed by atoms with Crippen LogP contribution in [0, 0.1) is 6.92 Å². The Hall–Kier alpha value is -1.87. The van der Waals surface area contributed by atoms with Crippen LogP contribution in [0.4, 0.5) is 0 Å². The van der Waals surface area contributed by atoms with Crippen molar-refractivity contribution in [2.24, 2.45) is 0 Å². The second-order valence-corrected chi connectivity index (χ2v) is 5.23. The number of nitrogens with one attached hydrogen (secondary N) is 1. The Morgan fingerprint density at radius 3 is 2.65 bits per heavy atom. The van der Waals surface area contributed by atoms with Crippen molar-refractivity contribution in [2.75, 3.05) is 6.54 Å². The van der Waals surface area contributed by atoms with Crippen LogP contribution in [0.5, 0.6) is 0 Å². The summed E-state index contributed by atoms with van der Waals surface area (Å²) in [5, 5.41) is 3.27. The Morgan fingerprint density at radius 2 is 2.00 bits per heavy atom.